The summed E-state index contributed by atoms with van der Waals surface area (Å²) in [4.78, 5) is 26.2. The van der Waals surface area contributed by atoms with Crippen molar-refractivity contribution in [3.05, 3.63) is 70.3 Å². The number of Topliss-reactive ketones (excluding diaryl/α,β-unsaturated/α-hetero) is 1. The Morgan fingerprint density at radius 1 is 0.926 bits per heavy atom. The van der Waals surface area contributed by atoms with Crippen molar-refractivity contribution in [2.75, 3.05) is 6.61 Å². The molecule has 0 spiro atoms. The molecule has 1 unspecified atom stereocenters. The zero-order chi connectivity index (χ0) is 19.8. The van der Waals surface area contributed by atoms with Gasteiger partial charge in [-0.15, -0.1) is 0 Å². The maximum atomic E-state index is 13.4. The summed E-state index contributed by atoms with van der Waals surface area (Å²) in [7, 11) is 0. The molecule has 0 amide bonds. The molecule has 2 rings (SSSR count). The Morgan fingerprint density at radius 2 is 1.56 bits per heavy atom. The van der Waals surface area contributed by atoms with Crippen LogP contribution in [0.5, 0.6) is 0 Å². The first kappa shape index (κ1) is 20.9. The lowest BCUT2D eigenvalue weighted by Crippen LogP contribution is -2.26. The van der Waals surface area contributed by atoms with Crippen molar-refractivity contribution in [2.45, 2.75) is 59.3 Å². The number of unbranched alkanes of at least 4 members (excludes halogenated alkanes) is 3. The number of ketones is 1. The summed E-state index contributed by atoms with van der Waals surface area (Å²) in [5, 5.41) is 0. The van der Waals surface area contributed by atoms with E-state index in [1.807, 2.05) is 63.2 Å². The van der Waals surface area contributed by atoms with Gasteiger partial charge in [0.05, 0.1) is 6.61 Å². The van der Waals surface area contributed by atoms with Gasteiger partial charge in [0.15, 0.2) is 5.78 Å². The molecule has 0 aliphatic carbocycles. The van der Waals surface area contributed by atoms with E-state index >= 15 is 0 Å². The van der Waals surface area contributed by atoms with Crippen molar-refractivity contribution in [1.29, 1.82) is 0 Å². The summed E-state index contributed by atoms with van der Waals surface area (Å²) in [6.45, 7) is 8.36. The standard InChI is InChI=1S/C24H30O3/c1-5-6-7-11-14-27-24(26)22(20-12-9-8-10-13-20)23(25)21-18(3)15-17(2)16-19(21)4/h8-10,12-13,15-16,22H,5-7,11,14H2,1-4H3. The molecule has 144 valence electrons. The van der Waals surface area contributed by atoms with Crippen LogP contribution in [0.2, 0.25) is 0 Å². The van der Waals surface area contributed by atoms with Gasteiger partial charge < -0.3 is 4.74 Å². The highest BCUT2D eigenvalue weighted by molar-refractivity contribution is 6.14. The number of rotatable bonds is 9. The van der Waals surface area contributed by atoms with E-state index in [4.69, 9.17) is 4.74 Å². The molecule has 0 aromatic heterocycles. The number of ether oxygens (including phenoxy) is 1. The molecule has 3 heteroatoms. The second kappa shape index (κ2) is 10.1. The Bertz CT molecular complexity index is 754. The molecule has 0 heterocycles. The van der Waals surface area contributed by atoms with E-state index in [2.05, 4.69) is 6.92 Å². The quantitative estimate of drug-likeness (QED) is 0.247. The zero-order valence-electron chi connectivity index (χ0n) is 16.9. The van der Waals surface area contributed by atoms with Gasteiger partial charge >= 0.3 is 5.97 Å². The Morgan fingerprint density at radius 3 is 2.15 bits per heavy atom. The van der Waals surface area contributed by atoms with Crippen LogP contribution in [0.4, 0.5) is 0 Å². The number of esters is 1. The molecule has 0 bridgehead atoms. The van der Waals surface area contributed by atoms with Gasteiger partial charge in [-0.2, -0.15) is 0 Å². The topological polar surface area (TPSA) is 43.4 Å². The summed E-state index contributed by atoms with van der Waals surface area (Å²) < 4.78 is 5.49. The van der Waals surface area contributed by atoms with Crippen LogP contribution in [0.1, 0.15) is 71.1 Å². The van der Waals surface area contributed by atoms with Crippen LogP contribution < -0.4 is 0 Å². The smallest absolute Gasteiger partial charge is 0.321 e. The molecule has 0 N–H and O–H groups in total. The first-order chi connectivity index (χ1) is 13.0. The Kier molecular flexibility index (Phi) is 7.78. The number of carbonyl (C=O) groups excluding carboxylic acids is 2. The minimum Gasteiger partial charge on any atom is -0.465 e. The average molecular weight is 367 g/mol. The summed E-state index contributed by atoms with van der Waals surface area (Å²) >= 11 is 0. The number of aryl methyl sites for hydroxylation is 3. The summed E-state index contributed by atoms with van der Waals surface area (Å²) in [5.74, 6) is -1.56. The highest BCUT2D eigenvalue weighted by atomic mass is 16.5. The SMILES string of the molecule is CCCCCCOC(=O)C(C(=O)c1c(C)cc(C)cc1C)c1ccccc1. The second-order valence-corrected chi connectivity index (χ2v) is 7.21. The van der Waals surface area contributed by atoms with Gasteiger partial charge in [-0.05, 0) is 43.9 Å². The van der Waals surface area contributed by atoms with Crippen LogP contribution in [-0.2, 0) is 9.53 Å². The minimum absolute atomic E-state index is 0.185. The highest BCUT2D eigenvalue weighted by Crippen LogP contribution is 2.27. The van der Waals surface area contributed by atoms with Crippen LogP contribution in [-0.4, -0.2) is 18.4 Å². The predicted molar refractivity (Wildman–Crippen MR) is 109 cm³/mol. The second-order valence-electron chi connectivity index (χ2n) is 7.21. The van der Waals surface area contributed by atoms with Crippen molar-refractivity contribution in [3.8, 4) is 0 Å². The third-order valence-electron chi connectivity index (χ3n) is 4.80. The lowest BCUT2D eigenvalue weighted by molar-refractivity contribution is -0.144. The highest BCUT2D eigenvalue weighted by Gasteiger charge is 2.32. The van der Waals surface area contributed by atoms with Gasteiger partial charge in [0.2, 0.25) is 0 Å². The van der Waals surface area contributed by atoms with E-state index in [0.717, 1.165) is 42.4 Å². The molecule has 0 aliphatic rings. The Balaban J connectivity index is 2.28. The van der Waals surface area contributed by atoms with E-state index in [9.17, 15) is 9.59 Å². The van der Waals surface area contributed by atoms with Gasteiger partial charge in [-0.1, -0.05) is 74.2 Å². The van der Waals surface area contributed by atoms with Crippen molar-refractivity contribution < 1.29 is 14.3 Å². The fraction of sp³-hybridized carbons (Fsp3) is 0.417. The molecule has 2 aromatic rings. The number of hydrogen-bond donors (Lipinski definition) is 0. The normalized spacial score (nSPS) is 11.9. The fourth-order valence-electron chi connectivity index (χ4n) is 3.54. The molecule has 1 atom stereocenters. The first-order valence-corrected chi connectivity index (χ1v) is 9.79. The summed E-state index contributed by atoms with van der Waals surface area (Å²) in [6, 6.07) is 13.2. The maximum absolute atomic E-state index is 13.4. The lowest BCUT2D eigenvalue weighted by Gasteiger charge is -2.18. The van der Waals surface area contributed by atoms with Crippen LogP contribution >= 0.6 is 0 Å². The van der Waals surface area contributed by atoms with Crippen LogP contribution in [0.3, 0.4) is 0 Å². The average Bonchev–Trinajstić information content (AvgIpc) is 2.62. The lowest BCUT2D eigenvalue weighted by atomic mass is 9.86. The van der Waals surface area contributed by atoms with Crippen molar-refractivity contribution in [3.63, 3.8) is 0 Å². The molecule has 27 heavy (non-hydrogen) atoms. The van der Waals surface area contributed by atoms with Gasteiger partial charge in [0.25, 0.3) is 0 Å². The molecule has 0 fully saturated rings. The molecular weight excluding hydrogens is 336 g/mol. The maximum Gasteiger partial charge on any atom is 0.321 e. The molecular formula is C24H30O3. The third-order valence-corrected chi connectivity index (χ3v) is 4.80. The Hall–Kier alpha value is -2.42. The van der Waals surface area contributed by atoms with Crippen molar-refractivity contribution in [1.82, 2.24) is 0 Å². The summed E-state index contributed by atoms with van der Waals surface area (Å²) in [5.41, 5.74) is 4.21. The molecule has 0 aliphatic heterocycles. The zero-order valence-corrected chi connectivity index (χ0v) is 16.9. The van der Waals surface area contributed by atoms with Gasteiger partial charge in [-0.3, -0.25) is 9.59 Å². The van der Waals surface area contributed by atoms with E-state index < -0.39 is 11.9 Å². The summed E-state index contributed by atoms with van der Waals surface area (Å²) in [6.07, 6.45) is 4.12. The van der Waals surface area contributed by atoms with E-state index in [1.165, 1.54) is 0 Å². The van der Waals surface area contributed by atoms with Crippen molar-refractivity contribution >= 4 is 11.8 Å². The molecule has 3 nitrogen and oxygen atoms in total. The van der Waals surface area contributed by atoms with E-state index in [1.54, 1.807) is 0 Å². The first-order valence-electron chi connectivity index (χ1n) is 9.79. The predicted octanol–water partition coefficient (Wildman–Crippen LogP) is 5.70. The van der Waals surface area contributed by atoms with Crippen molar-refractivity contribution in [2.24, 2.45) is 0 Å². The molecule has 2 aromatic carbocycles. The fourth-order valence-corrected chi connectivity index (χ4v) is 3.54. The molecule has 0 radical (unpaired) electrons. The Labute approximate surface area is 162 Å². The number of hydrogen-bond acceptors (Lipinski definition) is 3. The van der Waals surface area contributed by atoms with Gasteiger partial charge in [0.1, 0.15) is 5.92 Å². The monoisotopic (exact) mass is 366 g/mol. The third kappa shape index (κ3) is 5.53. The van der Waals surface area contributed by atoms with E-state index in [-0.39, 0.29) is 5.78 Å². The van der Waals surface area contributed by atoms with Crippen LogP contribution in [0.25, 0.3) is 0 Å². The van der Waals surface area contributed by atoms with Crippen LogP contribution in [0, 0.1) is 20.8 Å². The van der Waals surface area contributed by atoms with Crippen LogP contribution in [0.15, 0.2) is 42.5 Å². The van der Waals surface area contributed by atoms with Gasteiger partial charge in [-0.25, -0.2) is 0 Å². The van der Waals surface area contributed by atoms with Gasteiger partial charge in [0, 0.05) is 5.56 Å². The molecule has 0 saturated heterocycles. The number of carbonyl (C=O) groups is 2. The largest absolute Gasteiger partial charge is 0.465 e. The molecule has 0 saturated carbocycles. The number of benzene rings is 2. The van der Waals surface area contributed by atoms with E-state index in [0.29, 0.717) is 17.7 Å². The minimum atomic E-state index is -0.919.